The molecule has 0 aliphatic heterocycles. The van der Waals surface area contributed by atoms with E-state index in [-0.39, 0.29) is 7.92 Å². The van der Waals surface area contributed by atoms with E-state index in [0.717, 1.165) is 6.16 Å². The van der Waals surface area contributed by atoms with Crippen LogP contribution in [0.3, 0.4) is 0 Å². The summed E-state index contributed by atoms with van der Waals surface area (Å²) in [5.74, 6) is 0. The molecule has 0 aromatic rings. The van der Waals surface area contributed by atoms with E-state index in [4.69, 9.17) is 23.2 Å². The van der Waals surface area contributed by atoms with Crippen molar-refractivity contribution in [3.63, 3.8) is 0 Å². The van der Waals surface area contributed by atoms with Crippen LogP contribution in [0.1, 0.15) is 34.6 Å². The Morgan fingerprint density at radius 2 is 1.47 bits per heavy atom. The first kappa shape index (κ1) is 18.4. The molecular formula is C13H30Cl2P2. The van der Waals surface area contributed by atoms with Crippen LogP contribution in [-0.4, -0.2) is 47.5 Å². The van der Waals surface area contributed by atoms with Crippen molar-refractivity contribution in [1.29, 1.82) is 0 Å². The van der Waals surface area contributed by atoms with Crippen molar-refractivity contribution in [3.8, 4) is 0 Å². The van der Waals surface area contributed by atoms with Gasteiger partial charge in [-0.3, -0.25) is 0 Å². The summed E-state index contributed by atoms with van der Waals surface area (Å²) in [6.45, 7) is 11.3. The Bertz CT molecular complexity index is 194. The van der Waals surface area contributed by atoms with Crippen LogP contribution in [-0.2, 0) is 0 Å². The van der Waals surface area contributed by atoms with Crippen LogP contribution in [0.15, 0.2) is 0 Å². The molecule has 0 spiro atoms. The quantitative estimate of drug-likeness (QED) is 0.389. The van der Waals surface area contributed by atoms with Gasteiger partial charge >= 0.3 is 120 Å². The van der Waals surface area contributed by atoms with Gasteiger partial charge in [0.1, 0.15) is 0 Å². The van der Waals surface area contributed by atoms with Crippen molar-refractivity contribution in [2.24, 2.45) is 0 Å². The van der Waals surface area contributed by atoms with E-state index in [1.807, 2.05) is 6.92 Å². The zero-order valence-electron chi connectivity index (χ0n) is 12.2. The third-order valence-corrected chi connectivity index (χ3v) is 13.6. The van der Waals surface area contributed by atoms with Gasteiger partial charge in [0.25, 0.3) is 0 Å². The van der Waals surface area contributed by atoms with E-state index in [9.17, 15) is 0 Å². The topological polar surface area (TPSA) is 0 Å². The molecular weight excluding hydrogens is 289 g/mol. The van der Waals surface area contributed by atoms with Gasteiger partial charge in [0, 0.05) is 0 Å². The van der Waals surface area contributed by atoms with Crippen molar-refractivity contribution in [1.82, 2.24) is 0 Å². The van der Waals surface area contributed by atoms with Crippen LogP contribution >= 0.6 is 38.4 Å². The van der Waals surface area contributed by atoms with Gasteiger partial charge in [0.15, 0.2) is 0 Å². The van der Waals surface area contributed by atoms with Gasteiger partial charge in [0.05, 0.1) is 0 Å². The fourth-order valence-corrected chi connectivity index (χ4v) is 11.7. The van der Waals surface area contributed by atoms with Crippen molar-refractivity contribution in [3.05, 3.63) is 0 Å². The van der Waals surface area contributed by atoms with Crippen LogP contribution in [0.5, 0.6) is 0 Å². The number of alkyl halides is 2. The molecule has 0 radical (unpaired) electrons. The molecule has 0 fully saturated rings. The maximum absolute atomic E-state index is 6.26. The van der Waals surface area contributed by atoms with E-state index in [2.05, 4.69) is 27.7 Å². The first-order chi connectivity index (χ1) is 7.82. The van der Waals surface area contributed by atoms with Crippen LogP contribution in [0.4, 0.5) is 0 Å². The normalized spacial score (nSPS) is 14.4. The average molecular weight is 319 g/mol. The molecule has 4 heteroatoms. The molecule has 0 saturated heterocycles. The Morgan fingerprint density at radius 1 is 1.00 bits per heavy atom. The third kappa shape index (κ3) is 7.57. The number of halogens is 2. The summed E-state index contributed by atoms with van der Waals surface area (Å²) in [5.41, 5.74) is 0. The molecule has 0 N–H and O–H groups in total. The van der Waals surface area contributed by atoms with Gasteiger partial charge in [-0.25, -0.2) is 0 Å². The molecule has 106 valence electrons. The van der Waals surface area contributed by atoms with Crippen molar-refractivity contribution >= 4 is 38.4 Å². The fourth-order valence-electron chi connectivity index (χ4n) is 2.54. The zero-order chi connectivity index (χ0) is 13.5. The molecule has 0 atom stereocenters. The molecule has 0 rings (SSSR count). The Morgan fingerprint density at radius 3 is 1.76 bits per heavy atom. The molecule has 0 aromatic carbocycles. The molecule has 0 amide bonds. The van der Waals surface area contributed by atoms with E-state index in [1.165, 1.54) is 37.0 Å². The van der Waals surface area contributed by atoms with E-state index in [1.54, 1.807) is 0 Å². The summed E-state index contributed by atoms with van der Waals surface area (Å²) in [6.07, 6.45) is 9.35. The van der Waals surface area contributed by atoms with Crippen molar-refractivity contribution in [2.75, 3.05) is 43.1 Å². The number of rotatable bonds is 9. The summed E-state index contributed by atoms with van der Waals surface area (Å²) < 4.78 is -0.514. The van der Waals surface area contributed by atoms with Crippen LogP contribution in [0.25, 0.3) is 0 Å². The Kier molecular flexibility index (Phi) is 9.31. The second-order valence-electron chi connectivity index (χ2n) is 5.23. The number of hydrogen-bond donors (Lipinski definition) is 0. The Balaban J connectivity index is 4.50. The van der Waals surface area contributed by atoms with E-state index in [0.29, 0.717) is 0 Å². The number of hydrogen-bond acceptors (Lipinski definition) is 0. The average Bonchev–Trinajstić information content (AvgIpc) is 2.27. The van der Waals surface area contributed by atoms with Gasteiger partial charge in [-0.2, -0.15) is 0 Å². The van der Waals surface area contributed by atoms with Gasteiger partial charge in [-0.1, -0.05) is 0 Å². The maximum atomic E-state index is 6.26. The predicted molar refractivity (Wildman–Crippen MR) is 92.1 cm³/mol. The second-order valence-corrected chi connectivity index (χ2v) is 15.4. The molecule has 0 unspecified atom stereocenters. The molecule has 0 aliphatic carbocycles. The fraction of sp³-hybridized carbons (Fsp3) is 1.00. The molecule has 0 nitrogen and oxygen atoms in total. The molecule has 0 bridgehead atoms. The van der Waals surface area contributed by atoms with Crippen LogP contribution in [0.2, 0.25) is 0 Å². The summed E-state index contributed by atoms with van der Waals surface area (Å²) in [5, 5.41) is 0. The minimum atomic E-state index is -1.22. The van der Waals surface area contributed by atoms with Crippen molar-refractivity contribution < 1.29 is 0 Å². The van der Waals surface area contributed by atoms with Gasteiger partial charge < -0.3 is 0 Å². The summed E-state index contributed by atoms with van der Waals surface area (Å²) in [6, 6.07) is 0. The molecule has 0 aliphatic rings. The molecule has 0 heterocycles. The first-order valence-corrected chi connectivity index (χ1v) is 12.4. The van der Waals surface area contributed by atoms with E-state index < -0.39 is 11.6 Å². The van der Waals surface area contributed by atoms with Crippen molar-refractivity contribution in [2.45, 2.75) is 39.0 Å². The Labute approximate surface area is 120 Å². The van der Waals surface area contributed by atoms with Crippen LogP contribution < -0.4 is 0 Å². The molecule has 17 heavy (non-hydrogen) atoms. The van der Waals surface area contributed by atoms with Gasteiger partial charge in [0.2, 0.25) is 0 Å². The molecule has 0 saturated carbocycles. The predicted octanol–water partition coefficient (Wildman–Crippen LogP) is 5.49. The minimum absolute atomic E-state index is 0.275. The monoisotopic (exact) mass is 318 g/mol. The van der Waals surface area contributed by atoms with E-state index >= 15 is 0 Å². The standard InChI is InChI=1S/C13H30Cl2P2/c1-6-16(7-2)10-11-17(8-3,9-4)12-13(5,14)15/h17H,6-12H2,1-5H3. The van der Waals surface area contributed by atoms with Gasteiger partial charge in [-0.15, -0.1) is 0 Å². The Hall–Kier alpha value is 1.44. The van der Waals surface area contributed by atoms with Crippen LogP contribution in [0, 0.1) is 0 Å². The summed E-state index contributed by atoms with van der Waals surface area (Å²) in [7, 11) is -0.947. The first-order valence-electron chi connectivity index (χ1n) is 6.92. The third-order valence-electron chi connectivity index (χ3n) is 4.04. The summed E-state index contributed by atoms with van der Waals surface area (Å²) in [4.78, 5) is 0. The zero-order valence-corrected chi connectivity index (χ0v) is 15.6. The second kappa shape index (κ2) is 8.58. The molecule has 0 aromatic heterocycles. The SMILES string of the molecule is CCP(CC)CC[PH](CC)(CC)CC(C)(Cl)Cl. The van der Waals surface area contributed by atoms with Gasteiger partial charge in [-0.05, 0) is 0 Å². The summed E-state index contributed by atoms with van der Waals surface area (Å²) >= 11 is 12.5.